The Hall–Kier alpha value is -2.40. The van der Waals surface area contributed by atoms with Crippen LogP contribution in [-0.2, 0) is 13.0 Å². The molecule has 0 unspecified atom stereocenters. The maximum Gasteiger partial charge on any atom is 0.190 e. The van der Waals surface area contributed by atoms with Crippen LogP contribution < -0.4 is 9.54 Å². The third-order valence-electron chi connectivity index (χ3n) is 3.68. The molecule has 0 bridgehead atoms. The van der Waals surface area contributed by atoms with Gasteiger partial charge >= 0.3 is 0 Å². The Morgan fingerprint density at radius 2 is 2.00 bits per heavy atom. The van der Waals surface area contributed by atoms with Crippen LogP contribution >= 0.6 is 11.3 Å². The molecule has 3 rings (SSSR count). The van der Waals surface area contributed by atoms with Gasteiger partial charge in [-0.3, -0.25) is 4.98 Å². The summed E-state index contributed by atoms with van der Waals surface area (Å²) in [4.78, 5) is 10.2. The van der Waals surface area contributed by atoms with Gasteiger partial charge in [-0.25, -0.2) is 4.99 Å². The normalized spacial score (nSPS) is 11.7. The molecule has 1 aromatic carbocycles. The highest BCUT2D eigenvalue weighted by Crippen LogP contribution is 2.18. The van der Waals surface area contributed by atoms with E-state index in [9.17, 15) is 0 Å². The van der Waals surface area contributed by atoms with Gasteiger partial charge < -0.3 is 9.30 Å². The number of pyridine rings is 1. The minimum atomic E-state index is 0.675. The third kappa shape index (κ3) is 4.11. The van der Waals surface area contributed by atoms with Gasteiger partial charge in [-0.05, 0) is 50.2 Å². The van der Waals surface area contributed by atoms with Crippen molar-refractivity contribution < 1.29 is 4.74 Å². The summed E-state index contributed by atoms with van der Waals surface area (Å²) in [6, 6.07) is 13.9. The summed E-state index contributed by atoms with van der Waals surface area (Å²) in [6.45, 7) is 5.65. The predicted molar refractivity (Wildman–Crippen MR) is 97.8 cm³/mol. The van der Waals surface area contributed by atoms with E-state index in [0.29, 0.717) is 6.61 Å². The summed E-state index contributed by atoms with van der Waals surface area (Å²) in [5.41, 5.74) is 3.26. The number of ether oxygens (including phenoxy) is 1. The maximum atomic E-state index is 5.48. The fraction of sp³-hybridized carbons (Fsp3) is 0.263. The first kappa shape index (κ1) is 16.5. The van der Waals surface area contributed by atoms with Crippen LogP contribution in [0.4, 0.5) is 5.69 Å². The average molecular weight is 339 g/mol. The van der Waals surface area contributed by atoms with Crippen LogP contribution in [0.15, 0.2) is 59.0 Å². The standard InChI is InChI=1S/C19H21N3OS/c1-3-23-18-9-7-17(8-10-18)21-19-22(15(2)14-24-19)13-11-16-6-4-5-12-20-16/h4-10,12,14H,3,11,13H2,1-2H3. The first-order valence-electron chi connectivity index (χ1n) is 8.08. The lowest BCUT2D eigenvalue weighted by Gasteiger charge is -2.06. The van der Waals surface area contributed by atoms with Crippen molar-refractivity contribution in [2.24, 2.45) is 4.99 Å². The van der Waals surface area contributed by atoms with Crippen molar-refractivity contribution in [1.29, 1.82) is 0 Å². The SMILES string of the molecule is CCOc1ccc(N=c2scc(C)n2CCc2ccccn2)cc1. The van der Waals surface area contributed by atoms with Crippen LogP contribution in [0.2, 0.25) is 0 Å². The number of benzene rings is 1. The van der Waals surface area contributed by atoms with Gasteiger partial charge in [0.25, 0.3) is 0 Å². The second-order valence-corrected chi connectivity index (χ2v) is 6.26. The van der Waals surface area contributed by atoms with E-state index in [1.807, 2.05) is 49.5 Å². The molecule has 0 radical (unpaired) electrons. The predicted octanol–water partition coefficient (Wildman–Crippen LogP) is 4.13. The van der Waals surface area contributed by atoms with E-state index < -0.39 is 0 Å². The molecular formula is C19H21N3OS. The highest BCUT2D eigenvalue weighted by Gasteiger charge is 2.03. The van der Waals surface area contributed by atoms with Crippen molar-refractivity contribution in [2.75, 3.05) is 6.61 Å². The Morgan fingerprint density at radius 3 is 2.71 bits per heavy atom. The molecule has 24 heavy (non-hydrogen) atoms. The first-order valence-corrected chi connectivity index (χ1v) is 8.96. The van der Waals surface area contributed by atoms with Crippen molar-refractivity contribution in [3.8, 4) is 5.75 Å². The van der Waals surface area contributed by atoms with E-state index in [2.05, 4.69) is 27.9 Å². The summed E-state index contributed by atoms with van der Waals surface area (Å²) in [5, 5.41) is 2.14. The number of hydrogen-bond donors (Lipinski definition) is 0. The first-order chi connectivity index (χ1) is 11.8. The molecule has 2 heterocycles. The number of nitrogens with zero attached hydrogens (tertiary/aromatic N) is 3. The number of rotatable bonds is 6. The lowest BCUT2D eigenvalue weighted by atomic mass is 10.2. The number of aryl methyl sites for hydroxylation is 2. The van der Waals surface area contributed by atoms with E-state index in [4.69, 9.17) is 9.73 Å². The zero-order chi connectivity index (χ0) is 16.8. The lowest BCUT2D eigenvalue weighted by Crippen LogP contribution is -2.17. The van der Waals surface area contributed by atoms with Gasteiger partial charge in [-0.1, -0.05) is 6.07 Å². The van der Waals surface area contributed by atoms with E-state index >= 15 is 0 Å². The second-order valence-electron chi connectivity index (χ2n) is 5.42. The Bertz CT molecular complexity index is 835. The van der Waals surface area contributed by atoms with E-state index in [1.165, 1.54) is 5.69 Å². The third-order valence-corrected chi connectivity index (χ3v) is 4.66. The van der Waals surface area contributed by atoms with Crippen molar-refractivity contribution in [3.63, 3.8) is 0 Å². The second kappa shape index (κ2) is 7.93. The van der Waals surface area contributed by atoms with Crippen LogP contribution in [0.1, 0.15) is 18.3 Å². The summed E-state index contributed by atoms with van der Waals surface area (Å²) < 4.78 is 7.72. The fourth-order valence-electron chi connectivity index (χ4n) is 2.44. The van der Waals surface area contributed by atoms with Crippen molar-refractivity contribution in [3.05, 3.63) is 70.2 Å². The Morgan fingerprint density at radius 1 is 1.17 bits per heavy atom. The number of aromatic nitrogens is 2. The Kier molecular flexibility index (Phi) is 5.43. The van der Waals surface area contributed by atoms with Crippen LogP contribution in [0.3, 0.4) is 0 Å². The molecule has 0 atom stereocenters. The minimum absolute atomic E-state index is 0.675. The molecule has 0 amide bonds. The molecule has 2 aromatic heterocycles. The molecule has 5 heteroatoms. The molecule has 0 fully saturated rings. The minimum Gasteiger partial charge on any atom is -0.494 e. The van der Waals surface area contributed by atoms with Crippen molar-refractivity contribution in [1.82, 2.24) is 9.55 Å². The molecule has 4 nitrogen and oxygen atoms in total. The van der Waals surface area contributed by atoms with Crippen molar-refractivity contribution in [2.45, 2.75) is 26.8 Å². The summed E-state index contributed by atoms with van der Waals surface area (Å²) in [7, 11) is 0. The van der Waals surface area contributed by atoms with Gasteiger partial charge in [0.2, 0.25) is 0 Å². The lowest BCUT2D eigenvalue weighted by molar-refractivity contribution is 0.340. The fourth-order valence-corrected chi connectivity index (χ4v) is 3.36. The van der Waals surface area contributed by atoms with E-state index in [0.717, 1.165) is 34.9 Å². The monoisotopic (exact) mass is 339 g/mol. The molecule has 0 aliphatic carbocycles. The van der Waals surface area contributed by atoms with Crippen LogP contribution in [-0.4, -0.2) is 16.2 Å². The van der Waals surface area contributed by atoms with Crippen LogP contribution in [0, 0.1) is 6.92 Å². The largest absolute Gasteiger partial charge is 0.494 e. The Balaban J connectivity index is 1.81. The highest BCUT2D eigenvalue weighted by atomic mass is 32.1. The molecule has 0 saturated heterocycles. The summed E-state index contributed by atoms with van der Waals surface area (Å²) in [6.07, 6.45) is 2.74. The molecule has 0 N–H and O–H groups in total. The average Bonchev–Trinajstić information content (AvgIpc) is 2.96. The van der Waals surface area contributed by atoms with Gasteiger partial charge in [-0.15, -0.1) is 11.3 Å². The molecule has 0 aliphatic rings. The van der Waals surface area contributed by atoms with Gasteiger partial charge in [-0.2, -0.15) is 0 Å². The number of thiazole rings is 1. The van der Waals surface area contributed by atoms with Crippen LogP contribution in [0.5, 0.6) is 5.75 Å². The zero-order valence-corrected chi connectivity index (χ0v) is 14.8. The molecular weight excluding hydrogens is 318 g/mol. The molecule has 0 aliphatic heterocycles. The summed E-state index contributed by atoms with van der Waals surface area (Å²) >= 11 is 1.67. The van der Waals surface area contributed by atoms with Gasteiger partial charge in [0.05, 0.1) is 12.3 Å². The van der Waals surface area contributed by atoms with Crippen molar-refractivity contribution >= 4 is 17.0 Å². The molecule has 0 saturated carbocycles. The molecule has 124 valence electrons. The topological polar surface area (TPSA) is 39.4 Å². The maximum absolute atomic E-state index is 5.48. The molecule has 0 spiro atoms. The van der Waals surface area contributed by atoms with Gasteiger partial charge in [0, 0.05) is 35.9 Å². The molecule has 3 aromatic rings. The Labute approximate surface area is 146 Å². The van der Waals surface area contributed by atoms with Gasteiger partial charge in [0.15, 0.2) is 4.80 Å². The quantitative estimate of drug-likeness (QED) is 0.677. The van der Waals surface area contributed by atoms with E-state index in [-0.39, 0.29) is 0 Å². The van der Waals surface area contributed by atoms with Gasteiger partial charge in [0.1, 0.15) is 5.75 Å². The highest BCUT2D eigenvalue weighted by molar-refractivity contribution is 7.07. The number of hydrogen-bond acceptors (Lipinski definition) is 4. The summed E-state index contributed by atoms with van der Waals surface area (Å²) in [5.74, 6) is 0.877. The van der Waals surface area contributed by atoms with E-state index in [1.54, 1.807) is 11.3 Å². The smallest absolute Gasteiger partial charge is 0.190 e. The van der Waals surface area contributed by atoms with Crippen LogP contribution in [0.25, 0.3) is 0 Å². The zero-order valence-electron chi connectivity index (χ0n) is 14.0.